The van der Waals surface area contributed by atoms with Crippen LogP contribution in [0.2, 0.25) is 0 Å². The Morgan fingerprint density at radius 2 is 1.47 bits per heavy atom. The third kappa shape index (κ3) is 18.8. The molecule has 0 unspecified atom stereocenters. The fraction of sp³-hybridized carbons (Fsp3) is 0.600. The van der Waals surface area contributed by atoms with Gasteiger partial charge in [0.15, 0.2) is 5.41 Å². The smallest absolute Gasteiger partial charge is 0.328 e. The number of methoxy groups -OCH3 is 1. The summed E-state index contributed by atoms with van der Waals surface area (Å²) in [6.45, 7) is 16.3. The van der Waals surface area contributed by atoms with Crippen molar-refractivity contribution in [3.8, 4) is 0 Å². The lowest BCUT2D eigenvalue weighted by Crippen LogP contribution is -2.57. The summed E-state index contributed by atoms with van der Waals surface area (Å²) in [6, 6.07) is 6.93. The average Bonchev–Trinajstić information content (AvgIpc) is 3.60. The quantitative estimate of drug-likeness (QED) is 0.0302. The molecule has 0 spiro atoms. The van der Waals surface area contributed by atoms with Crippen LogP contribution in [-0.2, 0) is 64.6 Å². The van der Waals surface area contributed by atoms with Crippen LogP contribution in [0.4, 0.5) is 0 Å². The highest BCUT2D eigenvalue weighted by molar-refractivity contribution is 7.98. The average molecular weight is 908 g/mol. The third-order valence-electron chi connectivity index (χ3n) is 11.2. The second-order valence-corrected chi connectivity index (χ2v) is 18.0. The van der Waals surface area contributed by atoms with Crippen LogP contribution < -0.4 is 16.0 Å². The number of nitrogens with zero attached hydrogens (tertiary/aromatic N) is 2. The number of thioether (sulfide) groups is 1. The maximum Gasteiger partial charge on any atom is 0.328 e. The lowest BCUT2D eigenvalue weighted by molar-refractivity contribution is -0.172. The van der Waals surface area contributed by atoms with Gasteiger partial charge in [0.2, 0.25) is 11.8 Å². The van der Waals surface area contributed by atoms with Gasteiger partial charge in [-0.25, -0.2) is 9.78 Å². The Kier molecular flexibility index (Phi) is 25.7. The van der Waals surface area contributed by atoms with E-state index in [2.05, 4.69) is 53.9 Å². The van der Waals surface area contributed by atoms with Gasteiger partial charge in [-0.1, -0.05) is 79.1 Å². The molecule has 1 heterocycles. The normalized spacial score (nSPS) is 13.4. The second kappa shape index (κ2) is 29.7. The molecule has 0 fully saturated rings. The van der Waals surface area contributed by atoms with Crippen molar-refractivity contribution < 1.29 is 38.2 Å². The lowest BCUT2D eigenvalue weighted by Gasteiger charge is -2.28. The molecule has 0 aliphatic heterocycles. The molecule has 0 saturated heterocycles. The Bertz CT molecular complexity index is 1850. The van der Waals surface area contributed by atoms with Crippen molar-refractivity contribution >= 4 is 41.5 Å². The molecule has 0 radical (unpaired) electrons. The molecule has 0 aliphatic rings. The van der Waals surface area contributed by atoms with Crippen LogP contribution in [-0.4, -0.2) is 89.7 Å². The van der Waals surface area contributed by atoms with Crippen LogP contribution >= 0.6 is 11.8 Å². The Balaban J connectivity index is 2.22. The summed E-state index contributed by atoms with van der Waals surface area (Å²) in [5.74, 6) is -1.29. The van der Waals surface area contributed by atoms with Gasteiger partial charge in [-0.05, 0) is 116 Å². The predicted octanol–water partition coefficient (Wildman–Crippen LogP) is 7.92. The summed E-state index contributed by atoms with van der Waals surface area (Å²) in [7, 11) is 3.18. The van der Waals surface area contributed by atoms with Crippen molar-refractivity contribution in [2.45, 2.75) is 144 Å². The second-order valence-electron chi connectivity index (χ2n) is 17.0. The number of aromatic nitrogens is 2. The monoisotopic (exact) mass is 908 g/mol. The zero-order chi connectivity index (χ0) is 47.7. The summed E-state index contributed by atoms with van der Waals surface area (Å²) >= 11 is 1.55. The highest BCUT2D eigenvalue weighted by atomic mass is 32.2. The van der Waals surface area contributed by atoms with Crippen molar-refractivity contribution in [3.63, 3.8) is 0 Å². The molecule has 1 aromatic carbocycles. The highest BCUT2D eigenvalue weighted by Crippen LogP contribution is 2.34. The standard InChI is InChI=1S/C50H77N5O8S/c1-12-62-48(59)50(49(60)63-13-2,30-27-38(8)23-18-22-37(7)21-17-20-35(3)4)29-19-26-43-51-33-40(55(43)9)34-52-44(36(5)6)46(57)54-42(32-39-24-15-14-16-25-39)45(56)53-41(28-31-64-11)47(58)61-10/h14-16,20,22,24-25,27,33,36,41-42,44,52H,12-13,17-19,21,23,26,28-32,34H2,1-11H3,(H,53,56)(H,54,57)/b37-22+,38-27+/t41-,42-,44-/m0/s1. The van der Waals surface area contributed by atoms with Gasteiger partial charge in [-0.3, -0.25) is 24.5 Å². The van der Waals surface area contributed by atoms with E-state index >= 15 is 0 Å². The zero-order valence-corrected chi connectivity index (χ0v) is 41.3. The Morgan fingerprint density at radius 1 is 0.859 bits per heavy atom. The van der Waals surface area contributed by atoms with Crippen molar-refractivity contribution in [2.24, 2.45) is 18.4 Å². The molecule has 356 valence electrons. The number of carbonyl (C=O) groups is 5. The van der Waals surface area contributed by atoms with Crippen molar-refractivity contribution in [2.75, 3.05) is 32.3 Å². The van der Waals surface area contributed by atoms with Crippen LogP contribution in [0, 0.1) is 11.3 Å². The minimum atomic E-state index is -1.50. The number of allylic oxidation sites excluding steroid dienone is 6. The highest BCUT2D eigenvalue weighted by Gasteiger charge is 2.47. The molecule has 0 aliphatic carbocycles. The summed E-state index contributed by atoms with van der Waals surface area (Å²) in [5.41, 5.74) is 3.93. The number of ether oxygens (including phenoxy) is 3. The first-order chi connectivity index (χ1) is 30.5. The first kappa shape index (κ1) is 55.4. The minimum absolute atomic E-state index is 0.139. The molecular weight excluding hydrogens is 831 g/mol. The van der Waals surface area contributed by atoms with Crippen LogP contribution in [0.25, 0.3) is 0 Å². The number of carbonyl (C=O) groups excluding carboxylic acids is 5. The van der Waals surface area contributed by atoms with Gasteiger partial charge in [0.05, 0.1) is 32.1 Å². The third-order valence-corrected chi connectivity index (χ3v) is 11.9. The van der Waals surface area contributed by atoms with Crippen LogP contribution in [0.15, 0.2) is 71.5 Å². The fourth-order valence-corrected chi connectivity index (χ4v) is 7.75. The minimum Gasteiger partial charge on any atom is -0.467 e. The zero-order valence-electron chi connectivity index (χ0n) is 40.5. The van der Waals surface area contributed by atoms with E-state index in [1.165, 1.54) is 18.3 Å². The first-order valence-electron chi connectivity index (χ1n) is 22.8. The maximum atomic E-state index is 14.0. The molecule has 13 nitrogen and oxygen atoms in total. The molecule has 3 atom stereocenters. The number of nitrogens with one attached hydrogen (secondary N) is 3. The maximum absolute atomic E-state index is 14.0. The van der Waals surface area contributed by atoms with Crippen LogP contribution in [0.3, 0.4) is 0 Å². The van der Waals surface area contributed by atoms with Gasteiger partial charge in [-0.15, -0.1) is 0 Å². The number of aryl methyl sites for hydroxylation is 1. The number of rotatable bonds is 30. The van der Waals surface area contributed by atoms with Gasteiger partial charge in [0.1, 0.15) is 17.9 Å². The molecule has 0 saturated carbocycles. The van der Waals surface area contributed by atoms with E-state index in [1.807, 2.05) is 75.0 Å². The molecule has 3 N–H and O–H groups in total. The predicted molar refractivity (Wildman–Crippen MR) is 256 cm³/mol. The van der Waals surface area contributed by atoms with Gasteiger partial charge in [0.25, 0.3) is 0 Å². The topological polar surface area (TPSA) is 167 Å². The number of hydrogen-bond donors (Lipinski definition) is 3. The largest absolute Gasteiger partial charge is 0.467 e. The molecule has 64 heavy (non-hydrogen) atoms. The summed E-state index contributed by atoms with van der Waals surface area (Å²) in [6.07, 6.45) is 15.8. The van der Waals surface area contributed by atoms with E-state index in [9.17, 15) is 24.0 Å². The summed E-state index contributed by atoms with van der Waals surface area (Å²) in [4.78, 5) is 72.2. The van der Waals surface area contributed by atoms with Gasteiger partial charge in [-0.2, -0.15) is 11.8 Å². The molecule has 2 amide bonds. The molecule has 0 bridgehead atoms. The number of esters is 3. The molecule has 2 aromatic rings. The summed E-state index contributed by atoms with van der Waals surface area (Å²) < 4.78 is 17.9. The van der Waals surface area contributed by atoms with E-state index in [1.54, 1.807) is 31.8 Å². The van der Waals surface area contributed by atoms with E-state index in [4.69, 9.17) is 14.2 Å². The van der Waals surface area contributed by atoms with Gasteiger partial charge >= 0.3 is 17.9 Å². The lowest BCUT2D eigenvalue weighted by atomic mass is 9.78. The van der Waals surface area contributed by atoms with Crippen molar-refractivity contribution in [1.82, 2.24) is 25.5 Å². The van der Waals surface area contributed by atoms with Crippen LogP contribution in [0.1, 0.15) is 124 Å². The number of imidazole rings is 1. The van der Waals surface area contributed by atoms with Crippen molar-refractivity contribution in [1.29, 1.82) is 0 Å². The Morgan fingerprint density at radius 3 is 2.05 bits per heavy atom. The van der Waals surface area contributed by atoms with E-state index < -0.39 is 47.4 Å². The molecule has 14 heteroatoms. The number of hydrogen-bond acceptors (Lipinski definition) is 11. The Labute approximate surface area is 387 Å². The number of benzene rings is 1. The Hall–Kier alpha value is -4.69. The summed E-state index contributed by atoms with van der Waals surface area (Å²) in [5, 5.41) is 9.15. The van der Waals surface area contributed by atoms with E-state index in [0.717, 1.165) is 48.3 Å². The number of amides is 2. The first-order valence-corrected chi connectivity index (χ1v) is 24.2. The van der Waals surface area contributed by atoms with Gasteiger partial charge < -0.3 is 29.4 Å². The fourth-order valence-electron chi connectivity index (χ4n) is 7.28. The van der Waals surface area contributed by atoms with Crippen LogP contribution in [0.5, 0.6) is 0 Å². The van der Waals surface area contributed by atoms with Crippen molar-refractivity contribution in [3.05, 3.63) is 88.6 Å². The molecule has 1 aromatic heterocycles. The van der Waals surface area contributed by atoms with Gasteiger partial charge in [0, 0.05) is 32.6 Å². The van der Waals surface area contributed by atoms with E-state index in [-0.39, 0.29) is 44.3 Å². The van der Waals surface area contributed by atoms with E-state index in [0.29, 0.717) is 31.6 Å². The molecule has 2 rings (SSSR count). The molecular formula is C50H77N5O8S. The SMILES string of the molecule is CCOC(=O)C(C/C=C(\C)CC/C=C(\C)CCC=C(C)C)(CCCc1ncc(CN[C@H](C(=O)N[C@@H](Cc2ccccc2)C(=O)N[C@@H](CCSC)C(=O)OC)C(C)C)n1C)C(=O)OCC.